The van der Waals surface area contributed by atoms with Crippen LogP contribution in [0.15, 0.2) is 24.5 Å². The van der Waals surface area contributed by atoms with Crippen LogP contribution in [0.5, 0.6) is 0 Å². The van der Waals surface area contributed by atoms with Gasteiger partial charge in [-0.25, -0.2) is 0 Å². The lowest BCUT2D eigenvalue weighted by Gasteiger charge is -2.14. The van der Waals surface area contributed by atoms with E-state index in [0.29, 0.717) is 16.9 Å². The van der Waals surface area contributed by atoms with E-state index >= 15 is 0 Å². The van der Waals surface area contributed by atoms with E-state index < -0.39 is 29.2 Å². The zero-order valence-electron chi connectivity index (χ0n) is 8.87. The Bertz CT molecular complexity index is 571. The summed E-state index contributed by atoms with van der Waals surface area (Å²) in [5, 5.41) is 9.80. The van der Waals surface area contributed by atoms with Gasteiger partial charge >= 0.3 is 12.4 Å². The average Bonchev–Trinajstić information content (AvgIpc) is 2.79. The molecule has 1 aromatic heterocycles. The number of nitrogens with zero attached hydrogens (tertiary/aromatic N) is 4. The van der Waals surface area contributed by atoms with Crippen LogP contribution in [-0.2, 0) is 12.4 Å². The van der Waals surface area contributed by atoms with E-state index in [2.05, 4.69) is 15.4 Å². The monoisotopic (exact) mass is 282 g/mol. The van der Waals surface area contributed by atoms with Crippen LogP contribution >= 0.6 is 0 Å². The van der Waals surface area contributed by atoms with Crippen molar-refractivity contribution in [3.63, 3.8) is 0 Å². The second-order valence-corrected chi connectivity index (χ2v) is 3.45. The zero-order valence-corrected chi connectivity index (χ0v) is 8.87. The molecule has 1 aromatic carbocycles. The molecule has 2 rings (SSSR count). The van der Waals surface area contributed by atoms with Gasteiger partial charge in [0.1, 0.15) is 0 Å². The van der Waals surface area contributed by atoms with Gasteiger partial charge in [-0.2, -0.15) is 26.3 Å². The van der Waals surface area contributed by atoms with Crippen LogP contribution in [0.2, 0.25) is 0 Å². The van der Waals surface area contributed by atoms with Crippen LogP contribution in [0.1, 0.15) is 11.1 Å². The van der Waals surface area contributed by atoms with E-state index in [1.54, 1.807) is 0 Å². The zero-order chi connectivity index (χ0) is 14.3. The van der Waals surface area contributed by atoms with Gasteiger partial charge in [-0.3, -0.25) is 0 Å². The first-order chi connectivity index (χ1) is 8.69. The number of benzene rings is 1. The minimum atomic E-state index is -4.97. The summed E-state index contributed by atoms with van der Waals surface area (Å²) in [6.45, 7) is 0. The smallest absolute Gasteiger partial charge is 0.166 e. The highest BCUT2D eigenvalue weighted by Crippen LogP contribution is 2.38. The topological polar surface area (TPSA) is 43.6 Å². The molecule has 102 valence electrons. The van der Waals surface area contributed by atoms with E-state index in [-0.39, 0.29) is 6.07 Å². The van der Waals surface area contributed by atoms with Crippen LogP contribution < -0.4 is 0 Å². The van der Waals surface area contributed by atoms with Gasteiger partial charge in [0.25, 0.3) is 0 Å². The lowest BCUT2D eigenvalue weighted by Crippen LogP contribution is -2.15. The first kappa shape index (κ1) is 13.3. The fraction of sp³-hybridized carbons (Fsp3) is 0.222. The number of alkyl halides is 6. The van der Waals surface area contributed by atoms with Crippen LogP contribution in [0.25, 0.3) is 5.69 Å². The van der Waals surface area contributed by atoms with Gasteiger partial charge in [0.2, 0.25) is 0 Å². The summed E-state index contributed by atoms with van der Waals surface area (Å²) < 4.78 is 75.5. The molecule has 0 bridgehead atoms. The number of aromatic nitrogens is 4. The third-order valence-corrected chi connectivity index (χ3v) is 2.19. The lowest BCUT2D eigenvalue weighted by molar-refractivity contribution is -0.143. The van der Waals surface area contributed by atoms with E-state index in [4.69, 9.17) is 0 Å². The Balaban J connectivity index is 2.63. The molecule has 0 aliphatic carbocycles. The third kappa shape index (κ3) is 2.66. The number of tetrazole rings is 1. The Morgan fingerprint density at radius 1 is 0.947 bits per heavy atom. The molecule has 10 heteroatoms. The van der Waals surface area contributed by atoms with E-state index in [1.807, 2.05) is 0 Å². The van der Waals surface area contributed by atoms with Gasteiger partial charge < -0.3 is 0 Å². The maximum atomic E-state index is 12.8. The molecule has 0 radical (unpaired) electrons. The summed E-state index contributed by atoms with van der Waals surface area (Å²) in [6, 6.07) is 1.18. The maximum absolute atomic E-state index is 12.8. The van der Waals surface area contributed by atoms with Gasteiger partial charge in [-0.1, -0.05) is 0 Å². The van der Waals surface area contributed by atoms with Crippen molar-refractivity contribution >= 4 is 0 Å². The largest absolute Gasteiger partial charge is 0.418 e. The Morgan fingerprint density at radius 2 is 1.63 bits per heavy atom. The van der Waals surface area contributed by atoms with Crippen molar-refractivity contribution in [2.45, 2.75) is 12.4 Å². The van der Waals surface area contributed by atoms with Crippen molar-refractivity contribution in [1.82, 2.24) is 20.2 Å². The van der Waals surface area contributed by atoms with Crippen molar-refractivity contribution in [2.24, 2.45) is 0 Å². The molecule has 0 amide bonds. The number of halogens is 6. The maximum Gasteiger partial charge on any atom is 0.418 e. The third-order valence-electron chi connectivity index (χ3n) is 2.19. The Hall–Kier alpha value is -2.13. The van der Waals surface area contributed by atoms with Crippen molar-refractivity contribution in [2.75, 3.05) is 0 Å². The minimum absolute atomic E-state index is 0.0126. The fourth-order valence-electron chi connectivity index (χ4n) is 1.39. The highest BCUT2D eigenvalue weighted by atomic mass is 19.4. The molecule has 0 aliphatic heterocycles. The molecule has 0 unspecified atom stereocenters. The highest BCUT2D eigenvalue weighted by molar-refractivity contribution is 5.44. The molecule has 0 N–H and O–H groups in total. The summed E-state index contributed by atoms with van der Waals surface area (Å²) >= 11 is 0. The van der Waals surface area contributed by atoms with Crippen LogP contribution in [0, 0.1) is 0 Å². The van der Waals surface area contributed by atoms with Crippen LogP contribution in [0.4, 0.5) is 26.3 Å². The van der Waals surface area contributed by atoms with Crippen molar-refractivity contribution in [3.05, 3.63) is 35.7 Å². The minimum Gasteiger partial charge on any atom is -0.166 e. The Kier molecular flexibility index (Phi) is 2.95. The second kappa shape index (κ2) is 4.21. The molecule has 19 heavy (non-hydrogen) atoms. The van der Waals surface area contributed by atoms with Gasteiger partial charge in [-0.05, 0) is 23.4 Å². The Morgan fingerprint density at radius 3 is 2.11 bits per heavy atom. The lowest BCUT2D eigenvalue weighted by atomic mass is 10.1. The van der Waals surface area contributed by atoms with E-state index in [0.717, 1.165) is 6.33 Å². The molecule has 0 saturated carbocycles. The number of hydrogen-bond donors (Lipinski definition) is 0. The summed E-state index contributed by atoms with van der Waals surface area (Å²) in [5.74, 6) is 0. The van der Waals surface area contributed by atoms with Crippen molar-refractivity contribution in [3.8, 4) is 5.69 Å². The van der Waals surface area contributed by atoms with Crippen LogP contribution in [0.3, 0.4) is 0 Å². The molecular weight excluding hydrogens is 278 g/mol. The number of hydrogen-bond acceptors (Lipinski definition) is 3. The molecule has 0 spiro atoms. The first-order valence-corrected chi connectivity index (χ1v) is 4.71. The van der Waals surface area contributed by atoms with Gasteiger partial charge in [0, 0.05) is 0 Å². The van der Waals surface area contributed by atoms with E-state index in [9.17, 15) is 26.3 Å². The predicted molar refractivity (Wildman–Crippen MR) is 49.2 cm³/mol. The van der Waals surface area contributed by atoms with Gasteiger partial charge in [0.15, 0.2) is 6.33 Å². The highest BCUT2D eigenvalue weighted by Gasteiger charge is 2.39. The summed E-state index contributed by atoms with van der Waals surface area (Å²) in [4.78, 5) is 0.503. The molecule has 0 fully saturated rings. The molecule has 1 heterocycles. The summed E-state index contributed by atoms with van der Waals surface area (Å²) in [6.07, 6.45) is -8.96. The van der Waals surface area contributed by atoms with E-state index in [1.165, 1.54) is 0 Å². The molecule has 0 saturated heterocycles. The quantitative estimate of drug-likeness (QED) is 0.755. The molecule has 0 aliphatic rings. The van der Waals surface area contributed by atoms with Gasteiger partial charge in [0.05, 0.1) is 16.8 Å². The SMILES string of the molecule is FC(F)(F)c1ccc(-n2ncnn2)c(C(F)(F)F)c1. The first-order valence-electron chi connectivity index (χ1n) is 4.71. The van der Waals surface area contributed by atoms with Crippen LogP contribution in [-0.4, -0.2) is 20.2 Å². The average molecular weight is 282 g/mol. The molecular formula is C9H4F6N4. The predicted octanol–water partition coefficient (Wildman–Crippen LogP) is 2.70. The molecule has 2 aromatic rings. The van der Waals surface area contributed by atoms with Gasteiger partial charge in [-0.15, -0.1) is 15.0 Å². The van der Waals surface area contributed by atoms with Crippen molar-refractivity contribution in [1.29, 1.82) is 0 Å². The molecule has 0 atom stereocenters. The normalized spacial score (nSPS) is 12.7. The van der Waals surface area contributed by atoms with Crippen molar-refractivity contribution < 1.29 is 26.3 Å². The summed E-state index contributed by atoms with van der Waals surface area (Å²) in [5.41, 5.74) is -3.51. The second-order valence-electron chi connectivity index (χ2n) is 3.45. The summed E-state index contributed by atoms with van der Waals surface area (Å²) in [7, 11) is 0. The molecule has 4 nitrogen and oxygen atoms in total. The Labute approximate surface area is 101 Å². The standard InChI is InChI=1S/C9H4F6N4/c10-8(11,12)5-1-2-7(19-17-4-16-18-19)6(3-5)9(13,14)15/h1-4H. The number of rotatable bonds is 1. The fourth-order valence-corrected chi connectivity index (χ4v) is 1.39.